The molecule has 9 nitrogen and oxygen atoms in total. The number of nitrogens with zero attached hydrogens (tertiary/aromatic N) is 6. The van der Waals surface area contributed by atoms with Crippen molar-refractivity contribution in [3.05, 3.63) is 24.9 Å². The van der Waals surface area contributed by atoms with Gasteiger partial charge >= 0.3 is 0 Å². The molecule has 0 spiro atoms. The van der Waals surface area contributed by atoms with Gasteiger partial charge in [-0.1, -0.05) is 0 Å². The van der Waals surface area contributed by atoms with Gasteiger partial charge in [-0.15, -0.1) is 0 Å². The Kier molecular flexibility index (Phi) is 5.66. The summed E-state index contributed by atoms with van der Waals surface area (Å²) in [6.45, 7) is 4.90. The summed E-state index contributed by atoms with van der Waals surface area (Å²) in [5.41, 5.74) is 0. The Hall–Kier alpha value is -2.20. The van der Waals surface area contributed by atoms with Crippen molar-refractivity contribution < 1.29 is 8.42 Å². The maximum absolute atomic E-state index is 12.8. The molecule has 0 bridgehead atoms. The summed E-state index contributed by atoms with van der Waals surface area (Å²) in [7, 11) is 0.306. The number of rotatable bonds is 6. The molecule has 3 heterocycles. The number of anilines is 2. The third kappa shape index (κ3) is 4.38. The molecule has 2 aromatic rings. The van der Waals surface area contributed by atoms with Gasteiger partial charge in [0, 0.05) is 51.5 Å². The zero-order valence-electron chi connectivity index (χ0n) is 16.2. The molecular formula is C17H27N7O2S. The van der Waals surface area contributed by atoms with Crippen LogP contribution in [-0.2, 0) is 10.0 Å². The molecule has 1 N–H and O–H groups in total. The van der Waals surface area contributed by atoms with E-state index in [1.165, 1.54) is 10.6 Å². The van der Waals surface area contributed by atoms with Crippen LogP contribution in [0.2, 0.25) is 0 Å². The van der Waals surface area contributed by atoms with Crippen molar-refractivity contribution in [1.29, 1.82) is 0 Å². The summed E-state index contributed by atoms with van der Waals surface area (Å²) in [6, 6.07) is 2.24. The summed E-state index contributed by atoms with van der Waals surface area (Å²) >= 11 is 0. The average molecular weight is 394 g/mol. The molecule has 0 amide bonds. The molecule has 10 heteroatoms. The van der Waals surface area contributed by atoms with Crippen molar-refractivity contribution in [2.24, 2.45) is 0 Å². The van der Waals surface area contributed by atoms with Gasteiger partial charge in [0.2, 0.25) is 0 Å². The highest BCUT2D eigenvalue weighted by Gasteiger charge is 2.31. The minimum absolute atomic E-state index is 0.119. The Morgan fingerprint density at radius 1 is 1.19 bits per heavy atom. The van der Waals surface area contributed by atoms with E-state index in [0.717, 1.165) is 11.6 Å². The van der Waals surface area contributed by atoms with Crippen LogP contribution in [-0.4, -0.2) is 65.5 Å². The first-order chi connectivity index (χ1) is 12.8. The Morgan fingerprint density at radius 3 is 2.48 bits per heavy atom. The van der Waals surface area contributed by atoms with Crippen LogP contribution in [0.4, 0.5) is 11.6 Å². The smallest absolute Gasteiger partial charge is 0.262 e. The molecule has 0 unspecified atom stereocenters. The third-order valence-corrected chi connectivity index (χ3v) is 6.48. The Labute approximate surface area is 160 Å². The van der Waals surface area contributed by atoms with E-state index in [4.69, 9.17) is 0 Å². The Balaban J connectivity index is 1.62. The van der Waals surface area contributed by atoms with E-state index < -0.39 is 10.0 Å². The molecule has 1 fully saturated rings. The summed E-state index contributed by atoms with van der Waals surface area (Å²) < 4.78 is 28.9. The fraction of sp³-hybridized carbons (Fsp3) is 0.588. The zero-order chi connectivity index (χ0) is 19.6. The Morgan fingerprint density at radius 2 is 1.89 bits per heavy atom. The van der Waals surface area contributed by atoms with Gasteiger partial charge in [0.15, 0.2) is 5.03 Å². The van der Waals surface area contributed by atoms with Crippen LogP contribution in [0.25, 0.3) is 0 Å². The normalized spacial score (nSPS) is 16.6. The predicted molar refractivity (Wildman–Crippen MR) is 104 cm³/mol. The molecule has 1 aliphatic rings. The number of imidazole rings is 1. The molecule has 0 aliphatic carbocycles. The second kappa shape index (κ2) is 7.81. The van der Waals surface area contributed by atoms with Gasteiger partial charge < -0.3 is 14.8 Å². The van der Waals surface area contributed by atoms with Crippen LogP contribution in [0, 0.1) is 0 Å². The molecule has 0 radical (unpaired) electrons. The topological polar surface area (TPSA) is 96.2 Å². The zero-order valence-corrected chi connectivity index (χ0v) is 17.0. The highest BCUT2D eigenvalue weighted by atomic mass is 32.2. The lowest BCUT2D eigenvalue weighted by atomic mass is 10.1. The molecule has 3 rings (SSSR count). The molecular weight excluding hydrogens is 366 g/mol. The standard InChI is InChI=1S/C17H27N7O2S/c1-13(2)23-10-17(20-12-23)27(25,26)24-7-5-14(6-8-24)21-15-9-16(22(3)4)19-11-18-15/h9-14H,5-8H2,1-4H3,(H,18,19,21). The first-order valence-corrected chi connectivity index (χ1v) is 10.5. The minimum Gasteiger partial charge on any atom is -0.367 e. The fourth-order valence-electron chi connectivity index (χ4n) is 2.99. The van der Waals surface area contributed by atoms with Crippen LogP contribution in [0.1, 0.15) is 32.7 Å². The molecule has 1 aliphatic heterocycles. The molecule has 1 saturated heterocycles. The summed E-state index contributed by atoms with van der Waals surface area (Å²) in [5.74, 6) is 1.58. The third-order valence-electron chi connectivity index (χ3n) is 4.70. The predicted octanol–water partition coefficient (Wildman–Crippen LogP) is 1.59. The lowest BCUT2D eigenvalue weighted by Crippen LogP contribution is -2.42. The van der Waals surface area contributed by atoms with E-state index in [0.29, 0.717) is 25.9 Å². The van der Waals surface area contributed by atoms with Gasteiger partial charge in [-0.05, 0) is 26.7 Å². The molecule has 148 valence electrons. The van der Waals surface area contributed by atoms with E-state index in [2.05, 4.69) is 20.3 Å². The number of hydrogen-bond donors (Lipinski definition) is 1. The van der Waals surface area contributed by atoms with Crippen molar-refractivity contribution in [1.82, 2.24) is 23.8 Å². The van der Waals surface area contributed by atoms with Crippen LogP contribution >= 0.6 is 0 Å². The lowest BCUT2D eigenvalue weighted by molar-refractivity contribution is 0.328. The lowest BCUT2D eigenvalue weighted by Gasteiger charge is -2.31. The van der Waals surface area contributed by atoms with Crippen molar-refractivity contribution in [3.63, 3.8) is 0 Å². The maximum atomic E-state index is 12.8. The van der Waals surface area contributed by atoms with E-state index in [-0.39, 0.29) is 17.1 Å². The molecule has 2 aromatic heterocycles. The number of sulfonamides is 1. The summed E-state index contributed by atoms with van der Waals surface area (Å²) in [4.78, 5) is 14.5. The van der Waals surface area contributed by atoms with Crippen LogP contribution in [0.15, 0.2) is 29.9 Å². The number of hydrogen-bond acceptors (Lipinski definition) is 7. The van der Waals surface area contributed by atoms with Crippen molar-refractivity contribution in [2.45, 2.75) is 43.8 Å². The number of nitrogens with one attached hydrogen (secondary N) is 1. The summed E-state index contributed by atoms with van der Waals surface area (Å²) in [5, 5.41) is 3.51. The van der Waals surface area contributed by atoms with E-state index >= 15 is 0 Å². The largest absolute Gasteiger partial charge is 0.367 e. The average Bonchev–Trinajstić information content (AvgIpc) is 3.14. The van der Waals surface area contributed by atoms with Crippen LogP contribution in [0.3, 0.4) is 0 Å². The van der Waals surface area contributed by atoms with Gasteiger partial charge in [-0.3, -0.25) is 0 Å². The highest BCUT2D eigenvalue weighted by Crippen LogP contribution is 2.22. The fourth-order valence-corrected chi connectivity index (χ4v) is 4.38. The first kappa shape index (κ1) is 19.6. The van der Waals surface area contributed by atoms with E-state index in [1.807, 2.05) is 38.9 Å². The molecule has 27 heavy (non-hydrogen) atoms. The Bertz CT molecular complexity index is 871. The number of piperidine rings is 1. The van der Waals surface area contributed by atoms with Crippen LogP contribution in [0.5, 0.6) is 0 Å². The van der Waals surface area contributed by atoms with Crippen molar-refractivity contribution >= 4 is 21.7 Å². The quantitative estimate of drug-likeness (QED) is 0.796. The SMILES string of the molecule is CC(C)n1cnc(S(=O)(=O)N2CCC(Nc3cc(N(C)C)ncn3)CC2)c1. The van der Waals surface area contributed by atoms with Gasteiger partial charge in [-0.2, -0.15) is 4.31 Å². The minimum atomic E-state index is -3.55. The van der Waals surface area contributed by atoms with Gasteiger partial charge in [0.05, 0.1) is 6.33 Å². The highest BCUT2D eigenvalue weighted by molar-refractivity contribution is 7.89. The van der Waals surface area contributed by atoms with Gasteiger partial charge in [-0.25, -0.2) is 23.4 Å². The van der Waals surface area contributed by atoms with E-state index in [1.54, 1.807) is 17.1 Å². The monoisotopic (exact) mass is 393 g/mol. The number of aromatic nitrogens is 4. The maximum Gasteiger partial charge on any atom is 0.262 e. The second-order valence-electron chi connectivity index (χ2n) is 7.23. The van der Waals surface area contributed by atoms with Crippen LogP contribution < -0.4 is 10.2 Å². The second-order valence-corrected chi connectivity index (χ2v) is 9.12. The molecule has 0 saturated carbocycles. The van der Waals surface area contributed by atoms with Gasteiger partial charge in [0.1, 0.15) is 18.0 Å². The van der Waals surface area contributed by atoms with Crippen molar-refractivity contribution in [3.8, 4) is 0 Å². The van der Waals surface area contributed by atoms with Crippen molar-refractivity contribution in [2.75, 3.05) is 37.4 Å². The molecule has 0 aromatic carbocycles. The summed E-state index contributed by atoms with van der Waals surface area (Å²) in [6.07, 6.45) is 6.14. The first-order valence-electron chi connectivity index (χ1n) is 9.07. The van der Waals surface area contributed by atoms with Gasteiger partial charge in [0.25, 0.3) is 10.0 Å². The van der Waals surface area contributed by atoms with E-state index in [9.17, 15) is 8.42 Å². The molecule has 0 atom stereocenters.